The summed E-state index contributed by atoms with van der Waals surface area (Å²) >= 11 is 0. The summed E-state index contributed by atoms with van der Waals surface area (Å²) in [4.78, 5) is 0. The summed E-state index contributed by atoms with van der Waals surface area (Å²) in [5.74, 6) is -0.924. The number of aromatic hydroxyl groups is 1. The molecule has 0 aromatic heterocycles. The van der Waals surface area contributed by atoms with Crippen LogP contribution in [0.4, 0.5) is 4.39 Å². The molecule has 0 saturated carbocycles. The van der Waals surface area contributed by atoms with Gasteiger partial charge in [-0.25, -0.2) is 4.39 Å². The molecule has 0 heterocycles. The lowest BCUT2D eigenvalue weighted by Crippen LogP contribution is -2.10. The van der Waals surface area contributed by atoms with E-state index in [4.69, 9.17) is 5.73 Å². The van der Waals surface area contributed by atoms with Crippen LogP contribution in [0.2, 0.25) is 0 Å². The van der Waals surface area contributed by atoms with Gasteiger partial charge in [0.25, 0.3) is 0 Å². The van der Waals surface area contributed by atoms with Crippen molar-refractivity contribution in [3.05, 3.63) is 29.6 Å². The molecule has 72 valence electrons. The predicted octanol–water partition coefficient (Wildman–Crippen LogP) is 2.33. The van der Waals surface area contributed by atoms with E-state index in [0.29, 0.717) is 5.56 Å². The summed E-state index contributed by atoms with van der Waals surface area (Å²) in [6.45, 7) is 2.00. The monoisotopic (exact) mass is 183 g/mol. The predicted molar refractivity (Wildman–Crippen MR) is 49.9 cm³/mol. The Kier molecular flexibility index (Phi) is 3.25. The molecular weight excluding hydrogens is 169 g/mol. The van der Waals surface area contributed by atoms with Crippen LogP contribution >= 0.6 is 0 Å². The van der Waals surface area contributed by atoms with Crippen LogP contribution in [0.25, 0.3) is 0 Å². The first-order chi connectivity index (χ1) is 6.16. The number of benzene rings is 1. The quantitative estimate of drug-likeness (QED) is 0.755. The number of phenolic OH excluding ortho intramolecular Hbond substituents is 1. The van der Waals surface area contributed by atoms with E-state index in [0.717, 1.165) is 12.8 Å². The molecule has 0 amide bonds. The lowest BCUT2D eigenvalue weighted by Gasteiger charge is -2.12. The van der Waals surface area contributed by atoms with E-state index in [1.807, 2.05) is 6.92 Å². The van der Waals surface area contributed by atoms with Crippen molar-refractivity contribution in [2.24, 2.45) is 5.73 Å². The average molecular weight is 183 g/mol. The Morgan fingerprint density at radius 2 is 2.23 bits per heavy atom. The molecule has 0 spiro atoms. The fourth-order valence-electron chi connectivity index (χ4n) is 1.30. The van der Waals surface area contributed by atoms with Gasteiger partial charge in [-0.2, -0.15) is 0 Å². The van der Waals surface area contributed by atoms with Gasteiger partial charge in [-0.3, -0.25) is 0 Å². The summed E-state index contributed by atoms with van der Waals surface area (Å²) in [7, 11) is 0. The molecule has 1 atom stereocenters. The molecule has 13 heavy (non-hydrogen) atoms. The first-order valence-corrected chi connectivity index (χ1v) is 4.39. The maximum atomic E-state index is 12.9. The third-order valence-electron chi connectivity index (χ3n) is 2.02. The molecule has 0 bridgehead atoms. The number of para-hydroxylation sites is 1. The average Bonchev–Trinajstić information content (AvgIpc) is 2.10. The van der Waals surface area contributed by atoms with Crippen molar-refractivity contribution in [3.8, 4) is 5.75 Å². The molecule has 1 aromatic carbocycles. The number of rotatable bonds is 3. The van der Waals surface area contributed by atoms with E-state index < -0.39 is 5.82 Å². The van der Waals surface area contributed by atoms with E-state index in [9.17, 15) is 9.50 Å². The van der Waals surface area contributed by atoms with Crippen LogP contribution < -0.4 is 5.73 Å². The van der Waals surface area contributed by atoms with Crippen molar-refractivity contribution >= 4 is 0 Å². The molecular formula is C10H14FNO. The van der Waals surface area contributed by atoms with Gasteiger partial charge in [-0.15, -0.1) is 0 Å². The number of nitrogens with two attached hydrogens (primary N) is 1. The minimum absolute atomic E-state index is 0.277. The Hall–Kier alpha value is -1.09. The normalized spacial score (nSPS) is 12.8. The Labute approximate surface area is 77.2 Å². The van der Waals surface area contributed by atoms with Crippen LogP contribution in [-0.2, 0) is 0 Å². The van der Waals surface area contributed by atoms with Crippen LogP contribution in [0.1, 0.15) is 31.4 Å². The number of hydrogen-bond acceptors (Lipinski definition) is 2. The molecule has 1 rings (SSSR count). The first-order valence-electron chi connectivity index (χ1n) is 4.39. The van der Waals surface area contributed by atoms with Gasteiger partial charge >= 0.3 is 0 Å². The number of hydrogen-bond donors (Lipinski definition) is 2. The molecule has 0 aliphatic heterocycles. The van der Waals surface area contributed by atoms with E-state index in [1.165, 1.54) is 6.07 Å². The van der Waals surface area contributed by atoms with Crippen molar-refractivity contribution in [3.63, 3.8) is 0 Å². The van der Waals surface area contributed by atoms with Gasteiger partial charge in [-0.1, -0.05) is 25.5 Å². The Morgan fingerprint density at radius 1 is 1.54 bits per heavy atom. The van der Waals surface area contributed by atoms with Gasteiger partial charge in [0.1, 0.15) is 0 Å². The second-order valence-corrected chi connectivity index (χ2v) is 3.07. The van der Waals surface area contributed by atoms with Gasteiger partial charge in [0, 0.05) is 11.6 Å². The molecule has 0 aliphatic rings. The van der Waals surface area contributed by atoms with Gasteiger partial charge in [-0.05, 0) is 12.5 Å². The van der Waals surface area contributed by atoms with Crippen molar-refractivity contribution in [2.75, 3.05) is 0 Å². The SMILES string of the molecule is CCCC(N)c1cccc(F)c1O. The molecule has 0 radical (unpaired) electrons. The highest BCUT2D eigenvalue weighted by atomic mass is 19.1. The standard InChI is InChI=1S/C10H14FNO/c1-2-4-9(12)7-5-3-6-8(11)10(7)13/h3,5-6,9,13H,2,4,12H2,1H3. The fraction of sp³-hybridized carbons (Fsp3) is 0.400. The molecule has 0 saturated heterocycles. The van der Waals surface area contributed by atoms with Gasteiger partial charge in [0.2, 0.25) is 0 Å². The summed E-state index contributed by atoms with van der Waals surface area (Å²) in [5.41, 5.74) is 6.24. The maximum Gasteiger partial charge on any atom is 0.165 e. The molecule has 0 fully saturated rings. The van der Waals surface area contributed by atoms with E-state index in [2.05, 4.69) is 0 Å². The highest BCUT2D eigenvalue weighted by Gasteiger charge is 2.12. The zero-order chi connectivity index (χ0) is 9.84. The van der Waals surface area contributed by atoms with Gasteiger partial charge in [0.05, 0.1) is 0 Å². The highest BCUT2D eigenvalue weighted by molar-refractivity contribution is 5.35. The zero-order valence-electron chi connectivity index (χ0n) is 7.63. The van der Waals surface area contributed by atoms with Crippen LogP contribution in [-0.4, -0.2) is 5.11 Å². The third-order valence-corrected chi connectivity index (χ3v) is 2.02. The van der Waals surface area contributed by atoms with E-state index in [1.54, 1.807) is 12.1 Å². The number of phenols is 1. The minimum atomic E-state index is -0.607. The summed E-state index contributed by atoms with van der Waals surface area (Å²) in [6, 6.07) is 4.15. The molecule has 1 unspecified atom stereocenters. The van der Waals surface area contributed by atoms with Gasteiger partial charge < -0.3 is 10.8 Å². The van der Waals surface area contributed by atoms with Crippen LogP contribution in [0.5, 0.6) is 5.75 Å². The van der Waals surface area contributed by atoms with E-state index >= 15 is 0 Å². The topological polar surface area (TPSA) is 46.2 Å². The molecule has 3 heteroatoms. The summed E-state index contributed by atoms with van der Waals surface area (Å²) in [5, 5.41) is 9.34. The fourth-order valence-corrected chi connectivity index (χ4v) is 1.30. The van der Waals surface area contributed by atoms with E-state index in [-0.39, 0.29) is 11.8 Å². The van der Waals surface area contributed by atoms with Crippen LogP contribution in [0.15, 0.2) is 18.2 Å². The zero-order valence-corrected chi connectivity index (χ0v) is 7.63. The molecule has 0 aliphatic carbocycles. The Balaban J connectivity index is 2.93. The minimum Gasteiger partial charge on any atom is -0.505 e. The second-order valence-electron chi connectivity index (χ2n) is 3.07. The van der Waals surface area contributed by atoms with Crippen molar-refractivity contribution in [1.82, 2.24) is 0 Å². The summed E-state index contributed by atoms with van der Waals surface area (Å²) < 4.78 is 12.9. The Bertz CT molecular complexity index is 288. The molecule has 1 aromatic rings. The molecule has 2 nitrogen and oxygen atoms in total. The lowest BCUT2D eigenvalue weighted by atomic mass is 10.0. The summed E-state index contributed by atoms with van der Waals surface area (Å²) in [6.07, 6.45) is 1.66. The second kappa shape index (κ2) is 4.23. The third kappa shape index (κ3) is 2.18. The van der Waals surface area contributed by atoms with Crippen molar-refractivity contribution in [1.29, 1.82) is 0 Å². The lowest BCUT2D eigenvalue weighted by molar-refractivity contribution is 0.418. The first kappa shape index (κ1) is 9.99. The molecule has 3 N–H and O–H groups in total. The van der Waals surface area contributed by atoms with Crippen LogP contribution in [0.3, 0.4) is 0 Å². The van der Waals surface area contributed by atoms with Crippen LogP contribution in [0, 0.1) is 5.82 Å². The largest absolute Gasteiger partial charge is 0.505 e. The Morgan fingerprint density at radius 3 is 2.85 bits per heavy atom. The highest BCUT2D eigenvalue weighted by Crippen LogP contribution is 2.27. The number of halogens is 1. The van der Waals surface area contributed by atoms with Crippen molar-refractivity contribution < 1.29 is 9.50 Å². The maximum absolute atomic E-state index is 12.9. The van der Waals surface area contributed by atoms with Gasteiger partial charge in [0.15, 0.2) is 11.6 Å². The smallest absolute Gasteiger partial charge is 0.165 e. The van der Waals surface area contributed by atoms with Crippen molar-refractivity contribution in [2.45, 2.75) is 25.8 Å².